The molecule has 1 fully saturated rings. The highest BCUT2D eigenvalue weighted by molar-refractivity contribution is 6.30. The van der Waals surface area contributed by atoms with E-state index in [9.17, 15) is 0 Å². The molecular formula is C32H38ClN5. The molecular weight excluding hydrogens is 490 g/mol. The summed E-state index contributed by atoms with van der Waals surface area (Å²) in [6, 6.07) is 32.1. The van der Waals surface area contributed by atoms with Crippen LogP contribution in [-0.2, 0) is 13.0 Å². The lowest BCUT2D eigenvalue weighted by Crippen LogP contribution is -2.49. The highest BCUT2D eigenvalue weighted by Crippen LogP contribution is 2.30. The van der Waals surface area contributed by atoms with Gasteiger partial charge in [-0.25, -0.2) is 4.68 Å². The summed E-state index contributed by atoms with van der Waals surface area (Å²) >= 11 is 6.19. The standard InChI is InChI=1S/C32H38ClN5/c1-2-9-31-24-29(35-38(31)30-12-7-4-8-13-30)25-34-18-19-36-20-22-37(23-21-36)32(26-10-5-3-6-11-26)27-14-16-28(33)17-15-27/h3-8,10-17,24,32,34H,2,9,18-23,25H2,1H3. The van der Waals surface area contributed by atoms with Crippen LogP contribution in [0.25, 0.3) is 5.69 Å². The van der Waals surface area contributed by atoms with Gasteiger partial charge in [0, 0.05) is 56.5 Å². The van der Waals surface area contributed by atoms with Crippen molar-refractivity contribution in [2.75, 3.05) is 39.3 Å². The van der Waals surface area contributed by atoms with Crippen LogP contribution in [0.2, 0.25) is 5.02 Å². The zero-order chi connectivity index (χ0) is 26.2. The highest BCUT2D eigenvalue weighted by Gasteiger charge is 2.26. The Morgan fingerprint density at radius 1 is 0.842 bits per heavy atom. The molecule has 0 bridgehead atoms. The number of piperazine rings is 1. The van der Waals surface area contributed by atoms with Gasteiger partial charge >= 0.3 is 0 Å². The Hall–Kier alpha value is -2.96. The van der Waals surface area contributed by atoms with Crippen molar-refractivity contribution in [3.8, 4) is 5.69 Å². The molecule has 1 aliphatic heterocycles. The van der Waals surface area contributed by atoms with E-state index in [1.807, 2.05) is 18.2 Å². The lowest BCUT2D eigenvalue weighted by atomic mass is 9.96. The van der Waals surface area contributed by atoms with Crippen LogP contribution in [0.3, 0.4) is 0 Å². The molecule has 38 heavy (non-hydrogen) atoms. The third-order valence-corrected chi connectivity index (χ3v) is 7.58. The van der Waals surface area contributed by atoms with E-state index < -0.39 is 0 Å². The van der Waals surface area contributed by atoms with E-state index in [-0.39, 0.29) is 6.04 Å². The second kappa shape index (κ2) is 13.2. The second-order valence-electron chi connectivity index (χ2n) is 10.0. The van der Waals surface area contributed by atoms with Crippen molar-refractivity contribution in [1.29, 1.82) is 0 Å². The number of nitrogens with one attached hydrogen (secondary N) is 1. The SMILES string of the molecule is CCCc1cc(CNCCN2CCN(C(c3ccccc3)c3ccc(Cl)cc3)CC2)nn1-c1ccccc1. The maximum Gasteiger partial charge on any atom is 0.0769 e. The van der Waals surface area contributed by atoms with Crippen LogP contribution < -0.4 is 5.32 Å². The zero-order valence-corrected chi connectivity index (χ0v) is 23.0. The van der Waals surface area contributed by atoms with Gasteiger partial charge in [-0.1, -0.05) is 85.6 Å². The Morgan fingerprint density at radius 2 is 1.50 bits per heavy atom. The number of aromatic nitrogens is 2. The number of hydrogen-bond donors (Lipinski definition) is 1. The molecule has 6 heteroatoms. The second-order valence-corrected chi connectivity index (χ2v) is 10.5. The number of aryl methyl sites for hydroxylation is 1. The fourth-order valence-electron chi connectivity index (χ4n) is 5.38. The van der Waals surface area contributed by atoms with Gasteiger partial charge in [-0.05, 0) is 47.9 Å². The van der Waals surface area contributed by atoms with Gasteiger partial charge < -0.3 is 5.32 Å². The number of hydrogen-bond acceptors (Lipinski definition) is 4. The average Bonchev–Trinajstić information content (AvgIpc) is 3.37. The van der Waals surface area contributed by atoms with Crippen molar-refractivity contribution in [2.45, 2.75) is 32.4 Å². The van der Waals surface area contributed by atoms with Crippen LogP contribution in [-0.4, -0.2) is 58.8 Å². The first-order chi connectivity index (χ1) is 18.7. The molecule has 198 valence electrons. The quantitative estimate of drug-likeness (QED) is 0.244. The minimum atomic E-state index is 0.255. The lowest BCUT2D eigenvalue weighted by Gasteiger charge is -2.39. The van der Waals surface area contributed by atoms with E-state index in [0.717, 1.165) is 75.1 Å². The van der Waals surface area contributed by atoms with Gasteiger partial charge in [0.25, 0.3) is 0 Å². The number of para-hydroxylation sites is 1. The van der Waals surface area contributed by atoms with Crippen LogP contribution in [0, 0.1) is 0 Å². The fourth-order valence-corrected chi connectivity index (χ4v) is 5.51. The third-order valence-electron chi connectivity index (χ3n) is 7.32. The van der Waals surface area contributed by atoms with Gasteiger partial charge in [0.15, 0.2) is 0 Å². The molecule has 0 spiro atoms. The molecule has 0 aliphatic carbocycles. The van der Waals surface area contributed by atoms with Crippen LogP contribution in [0.15, 0.2) is 91.0 Å². The van der Waals surface area contributed by atoms with Crippen LogP contribution in [0.1, 0.15) is 41.9 Å². The van der Waals surface area contributed by atoms with Crippen LogP contribution >= 0.6 is 11.6 Å². The van der Waals surface area contributed by atoms with Gasteiger partial charge in [-0.3, -0.25) is 9.80 Å². The van der Waals surface area contributed by atoms with Crippen molar-refractivity contribution in [1.82, 2.24) is 24.9 Å². The summed E-state index contributed by atoms with van der Waals surface area (Å²) in [5.41, 5.74) is 6.15. The van der Waals surface area contributed by atoms with Gasteiger partial charge in [0.2, 0.25) is 0 Å². The monoisotopic (exact) mass is 527 g/mol. The number of benzene rings is 3. The first-order valence-electron chi connectivity index (χ1n) is 13.8. The lowest BCUT2D eigenvalue weighted by molar-refractivity contribution is 0.110. The Morgan fingerprint density at radius 3 is 2.18 bits per heavy atom. The van der Waals surface area contributed by atoms with E-state index in [0.29, 0.717) is 0 Å². The molecule has 5 nitrogen and oxygen atoms in total. The molecule has 1 atom stereocenters. The summed E-state index contributed by atoms with van der Waals surface area (Å²) in [5, 5.41) is 9.32. The normalized spacial score (nSPS) is 15.5. The summed E-state index contributed by atoms with van der Waals surface area (Å²) in [6.07, 6.45) is 2.15. The molecule has 1 N–H and O–H groups in total. The van der Waals surface area contributed by atoms with Crippen molar-refractivity contribution in [2.24, 2.45) is 0 Å². The predicted octanol–water partition coefficient (Wildman–Crippen LogP) is 5.98. The van der Waals surface area contributed by atoms with E-state index in [4.69, 9.17) is 16.7 Å². The molecule has 1 aliphatic rings. The molecule has 3 aromatic carbocycles. The van der Waals surface area contributed by atoms with E-state index >= 15 is 0 Å². The Kier molecular flexibility index (Phi) is 9.26. The minimum absolute atomic E-state index is 0.255. The van der Waals surface area contributed by atoms with Crippen molar-refractivity contribution < 1.29 is 0 Å². The number of rotatable bonds is 11. The Labute approximate surface area is 232 Å². The molecule has 2 heterocycles. The van der Waals surface area contributed by atoms with Gasteiger partial charge in [-0.15, -0.1) is 0 Å². The molecule has 4 aromatic rings. The van der Waals surface area contributed by atoms with Gasteiger partial charge in [0.05, 0.1) is 17.4 Å². The molecule has 1 unspecified atom stereocenters. The summed E-state index contributed by atoms with van der Waals surface area (Å²) < 4.78 is 2.10. The zero-order valence-electron chi connectivity index (χ0n) is 22.3. The van der Waals surface area contributed by atoms with Gasteiger partial charge in [-0.2, -0.15) is 5.10 Å². The minimum Gasteiger partial charge on any atom is -0.310 e. The summed E-state index contributed by atoms with van der Waals surface area (Å²) in [7, 11) is 0. The predicted molar refractivity (Wildman–Crippen MR) is 157 cm³/mol. The van der Waals surface area contributed by atoms with Crippen molar-refractivity contribution >= 4 is 11.6 Å². The third kappa shape index (κ3) is 6.72. The van der Waals surface area contributed by atoms with E-state index in [1.54, 1.807) is 0 Å². The molecule has 1 aromatic heterocycles. The Balaban J connectivity index is 1.13. The first kappa shape index (κ1) is 26.6. The number of halogens is 1. The van der Waals surface area contributed by atoms with E-state index in [2.05, 4.69) is 99.5 Å². The van der Waals surface area contributed by atoms with Gasteiger partial charge in [0.1, 0.15) is 0 Å². The summed E-state index contributed by atoms with van der Waals surface area (Å²) in [5.74, 6) is 0. The fraction of sp³-hybridized carbons (Fsp3) is 0.344. The highest BCUT2D eigenvalue weighted by atomic mass is 35.5. The summed E-state index contributed by atoms with van der Waals surface area (Å²) in [6.45, 7) is 9.26. The average molecular weight is 528 g/mol. The first-order valence-corrected chi connectivity index (χ1v) is 14.2. The Bertz CT molecular complexity index is 1250. The maximum absolute atomic E-state index is 6.19. The van der Waals surface area contributed by atoms with Crippen molar-refractivity contribution in [3.05, 3.63) is 119 Å². The van der Waals surface area contributed by atoms with E-state index in [1.165, 1.54) is 16.8 Å². The molecule has 0 amide bonds. The van der Waals surface area contributed by atoms with Crippen LogP contribution in [0.5, 0.6) is 0 Å². The number of nitrogens with zero attached hydrogens (tertiary/aromatic N) is 4. The topological polar surface area (TPSA) is 36.3 Å². The molecule has 1 saturated heterocycles. The summed E-state index contributed by atoms with van der Waals surface area (Å²) in [4.78, 5) is 5.17. The maximum atomic E-state index is 6.19. The van der Waals surface area contributed by atoms with Crippen LogP contribution in [0.4, 0.5) is 0 Å². The molecule has 5 rings (SSSR count). The smallest absolute Gasteiger partial charge is 0.0769 e. The molecule has 0 saturated carbocycles. The largest absolute Gasteiger partial charge is 0.310 e. The van der Waals surface area contributed by atoms with Crippen molar-refractivity contribution in [3.63, 3.8) is 0 Å². The molecule has 0 radical (unpaired) electrons.